The molecular weight excluding hydrogens is 718 g/mol. The van der Waals surface area contributed by atoms with Gasteiger partial charge in [-0.05, 0) is 12.8 Å². The van der Waals surface area contributed by atoms with E-state index in [-0.39, 0.29) is 25.3 Å². The van der Waals surface area contributed by atoms with Crippen molar-refractivity contribution in [3.63, 3.8) is 0 Å². The molecule has 0 bridgehead atoms. The minimum atomic E-state index is -1.72. The van der Waals surface area contributed by atoms with Crippen LogP contribution >= 0.6 is 0 Å². The van der Waals surface area contributed by atoms with Crippen molar-refractivity contribution in [2.75, 3.05) is 26.3 Å². The number of rotatable bonds is 19. The SMILES string of the molecule is CCCCCCCCCCCCCCCC(=O)NC1CNC(=O)C(C2CCNC(N)=N2)NC(=O)/C(=C\NC(N)=O)NC(=O)C(CO)NC(=O)C(CO)NC1=O. The van der Waals surface area contributed by atoms with E-state index in [2.05, 4.69) is 49.1 Å². The van der Waals surface area contributed by atoms with Crippen LogP contribution in [0.3, 0.4) is 0 Å². The third-order valence-corrected chi connectivity index (χ3v) is 9.14. The number of hydrogen-bond donors (Lipinski definition) is 12. The molecule has 0 aliphatic carbocycles. The number of nitrogens with zero attached hydrogens (tertiary/aromatic N) is 1. The summed E-state index contributed by atoms with van der Waals surface area (Å²) in [6.07, 6.45) is 15.6. The Morgan fingerprint density at radius 2 is 1.35 bits per heavy atom. The molecule has 5 unspecified atom stereocenters. The maximum atomic E-state index is 13.7. The predicted octanol–water partition coefficient (Wildman–Crippen LogP) is -2.18. The van der Waals surface area contributed by atoms with Crippen LogP contribution in [0.1, 0.15) is 103 Å². The van der Waals surface area contributed by atoms with Crippen molar-refractivity contribution in [2.24, 2.45) is 16.5 Å². The molecule has 2 aliphatic rings. The first kappa shape index (κ1) is 46.2. The number of unbranched alkanes of at least 4 members (excludes halogenated alkanes) is 12. The molecule has 310 valence electrons. The summed E-state index contributed by atoms with van der Waals surface area (Å²) < 4.78 is 0. The van der Waals surface area contributed by atoms with Gasteiger partial charge in [-0.15, -0.1) is 0 Å². The molecule has 20 nitrogen and oxygen atoms in total. The van der Waals surface area contributed by atoms with Crippen LogP contribution in [0.4, 0.5) is 4.79 Å². The van der Waals surface area contributed by atoms with Gasteiger partial charge < -0.3 is 64.2 Å². The zero-order valence-electron chi connectivity index (χ0n) is 31.8. The molecule has 14 N–H and O–H groups in total. The number of amides is 8. The molecule has 0 saturated carbocycles. The molecule has 8 amide bonds. The molecule has 2 rings (SSSR count). The number of aliphatic hydroxyl groups excluding tert-OH is 2. The van der Waals surface area contributed by atoms with Crippen molar-refractivity contribution in [2.45, 2.75) is 133 Å². The number of aliphatic imine (C=N–C) groups is 1. The Bertz CT molecular complexity index is 1360. The number of guanidine groups is 1. The Morgan fingerprint density at radius 1 is 0.782 bits per heavy atom. The maximum Gasteiger partial charge on any atom is 0.316 e. The van der Waals surface area contributed by atoms with Crippen LogP contribution < -0.4 is 54.0 Å². The average Bonchev–Trinajstić information content (AvgIpc) is 3.15. The molecular formula is C35H61N11O9. The summed E-state index contributed by atoms with van der Waals surface area (Å²) in [4.78, 5) is 95.3. The monoisotopic (exact) mass is 779 g/mol. The van der Waals surface area contributed by atoms with E-state index >= 15 is 0 Å². The quantitative estimate of drug-likeness (QED) is 0.0494. The largest absolute Gasteiger partial charge is 0.394 e. The zero-order valence-corrected chi connectivity index (χ0v) is 31.8. The number of nitrogens with two attached hydrogens (primary N) is 2. The van der Waals surface area contributed by atoms with Gasteiger partial charge in [-0.3, -0.25) is 28.8 Å². The fourth-order valence-corrected chi connectivity index (χ4v) is 5.98. The summed E-state index contributed by atoms with van der Waals surface area (Å²) in [5.74, 6) is -5.67. The van der Waals surface area contributed by atoms with E-state index in [0.29, 0.717) is 6.42 Å². The van der Waals surface area contributed by atoms with E-state index in [9.17, 15) is 43.8 Å². The Hall–Kier alpha value is -4.98. The molecule has 20 heteroatoms. The Balaban J connectivity index is 2.19. The lowest BCUT2D eigenvalue weighted by Crippen LogP contribution is -2.62. The smallest absolute Gasteiger partial charge is 0.316 e. The van der Waals surface area contributed by atoms with E-state index in [1.165, 1.54) is 51.4 Å². The molecule has 0 radical (unpaired) electrons. The molecule has 55 heavy (non-hydrogen) atoms. The normalized spacial score (nSPS) is 23.6. The van der Waals surface area contributed by atoms with E-state index in [4.69, 9.17) is 11.5 Å². The molecule has 1 fully saturated rings. The predicted molar refractivity (Wildman–Crippen MR) is 202 cm³/mol. The lowest BCUT2D eigenvalue weighted by atomic mass is 10.0. The number of primary amides is 1. The van der Waals surface area contributed by atoms with E-state index in [0.717, 1.165) is 31.9 Å². The van der Waals surface area contributed by atoms with Crippen molar-refractivity contribution >= 4 is 47.4 Å². The molecule has 2 heterocycles. The Labute approximate surface area is 321 Å². The van der Waals surface area contributed by atoms with Crippen LogP contribution in [0.2, 0.25) is 0 Å². The van der Waals surface area contributed by atoms with Crippen LogP contribution in [-0.2, 0) is 28.8 Å². The van der Waals surface area contributed by atoms with Crippen molar-refractivity contribution < 1.29 is 43.8 Å². The van der Waals surface area contributed by atoms with Crippen molar-refractivity contribution in [3.8, 4) is 0 Å². The fraction of sp³-hybridized carbons (Fsp3) is 0.714. The van der Waals surface area contributed by atoms with Crippen LogP contribution in [-0.4, -0.2) is 114 Å². The van der Waals surface area contributed by atoms with E-state index in [1.807, 2.05) is 5.32 Å². The highest BCUT2D eigenvalue weighted by Gasteiger charge is 2.35. The van der Waals surface area contributed by atoms with Crippen LogP contribution in [0, 0.1) is 0 Å². The van der Waals surface area contributed by atoms with Gasteiger partial charge >= 0.3 is 6.03 Å². The van der Waals surface area contributed by atoms with Gasteiger partial charge in [-0.25, -0.2) is 9.79 Å². The summed E-state index contributed by atoms with van der Waals surface area (Å²) in [6.45, 7) is 0.0430. The summed E-state index contributed by atoms with van der Waals surface area (Å²) in [6, 6.07) is -8.34. The second-order valence-electron chi connectivity index (χ2n) is 13.6. The standard InChI is InChI=1S/C35H61N11O9/c1-2-3-4-5-6-7-8-9-10-11-12-13-14-15-27(49)41-23-18-39-33(54)28(22-16-17-38-34(36)45-22)46-30(51)24(19-40-35(37)55)42-31(52)25(20-47)44-32(53)26(21-48)43-29(23)50/h19,22-23,25-26,28,47-48H,2-18,20-21H2,1H3,(H,39,54)(H,41,49)(H,42,52)(H,43,50)(H,44,53)(H,46,51)(H3,36,38,45)(H3,37,40,55)/b24-19+. The third-order valence-electron chi connectivity index (χ3n) is 9.14. The van der Waals surface area contributed by atoms with Gasteiger partial charge in [0.25, 0.3) is 5.91 Å². The van der Waals surface area contributed by atoms with Crippen LogP contribution in [0.25, 0.3) is 0 Å². The average molecular weight is 780 g/mol. The van der Waals surface area contributed by atoms with Gasteiger partial charge in [0.2, 0.25) is 29.5 Å². The highest BCUT2D eigenvalue weighted by molar-refractivity contribution is 6.02. The summed E-state index contributed by atoms with van der Waals surface area (Å²) in [7, 11) is 0. The minimum Gasteiger partial charge on any atom is -0.394 e. The lowest BCUT2D eigenvalue weighted by Gasteiger charge is -2.29. The first-order valence-corrected chi connectivity index (χ1v) is 19.2. The number of hydrogen-bond acceptors (Lipinski definition) is 12. The highest BCUT2D eigenvalue weighted by atomic mass is 16.3. The molecule has 0 aromatic carbocycles. The lowest BCUT2D eigenvalue weighted by molar-refractivity contribution is -0.135. The van der Waals surface area contributed by atoms with Gasteiger partial charge in [-0.1, -0.05) is 84.0 Å². The number of aliphatic hydroxyl groups is 2. The number of carbonyl (C=O) groups is 7. The van der Waals surface area contributed by atoms with E-state index in [1.54, 1.807) is 0 Å². The molecule has 2 aliphatic heterocycles. The first-order valence-electron chi connectivity index (χ1n) is 19.2. The van der Waals surface area contributed by atoms with Crippen molar-refractivity contribution in [3.05, 3.63) is 11.9 Å². The topological polar surface area (TPSA) is 321 Å². The van der Waals surface area contributed by atoms with Gasteiger partial charge in [0.1, 0.15) is 29.9 Å². The second kappa shape index (κ2) is 25.9. The van der Waals surface area contributed by atoms with E-state index < -0.39 is 97.1 Å². The summed E-state index contributed by atoms with van der Waals surface area (Å²) in [5, 5.41) is 38.8. The second-order valence-corrected chi connectivity index (χ2v) is 13.6. The highest BCUT2D eigenvalue weighted by Crippen LogP contribution is 2.13. The molecule has 0 aromatic heterocycles. The fourth-order valence-electron chi connectivity index (χ4n) is 5.98. The van der Waals surface area contributed by atoms with Crippen molar-refractivity contribution in [1.29, 1.82) is 0 Å². The molecule has 1 saturated heterocycles. The molecule has 0 spiro atoms. The first-order chi connectivity index (χ1) is 26.4. The minimum absolute atomic E-state index is 0.0147. The van der Waals surface area contributed by atoms with Gasteiger partial charge in [0.15, 0.2) is 5.96 Å². The van der Waals surface area contributed by atoms with Gasteiger partial charge in [-0.2, -0.15) is 0 Å². The third kappa shape index (κ3) is 17.8. The van der Waals surface area contributed by atoms with Crippen molar-refractivity contribution in [1.82, 2.24) is 42.5 Å². The number of nitrogens with one attached hydrogen (secondary N) is 8. The summed E-state index contributed by atoms with van der Waals surface area (Å²) in [5.41, 5.74) is 10.3. The Morgan fingerprint density at radius 3 is 1.91 bits per heavy atom. The Kier molecular flexibility index (Phi) is 21.8. The number of urea groups is 1. The van der Waals surface area contributed by atoms with Gasteiger partial charge in [0.05, 0.1) is 19.3 Å². The summed E-state index contributed by atoms with van der Waals surface area (Å²) >= 11 is 0. The van der Waals surface area contributed by atoms with Crippen LogP contribution in [0.15, 0.2) is 16.9 Å². The van der Waals surface area contributed by atoms with Gasteiger partial charge in [0, 0.05) is 25.7 Å². The number of carbonyl (C=O) groups excluding carboxylic acids is 7. The zero-order chi connectivity index (χ0) is 40.6. The molecule has 0 aromatic rings. The maximum absolute atomic E-state index is 13.7. The molecule has 5 atom stereocenters. The van der Waals surface area contributed by atoms with Crippen LogP contribution in [0.5, 0.6) is 0 Å².